The topological polar surface area (TPSA) is 81.2 Å². The average molecular weight is 351 g/mol. The first kappa shape index (κ1) is 16.7. The van der Waals surface area contributed by atoms with Crippen LogP contribution in [0.5, 0.6) is 17.2 Å². The van der Waals surface area contributed by atoms with Crippen LogP contribution in [0.3, 0.4) is 0 Å². The number of aromatic nitrogens is 1. The van der Waals surface area contributed by atoms with Crippen LogP contribution in [0.1, 0.15) is 10.6 Å². The van der Waals surface area contributed by atoms with Gasteiger partial charge in [-0.05, 0) is 60.2 Å². The van der Waals surface area contributed by atoms with Gasteiger partial charge in [-0.25, -0.2) is 4.98 Å². The number of rotatable bonds is 7. The van der Waals surface area contributed by atoms with Crippen molar-refractivity contribution in [3.63, 3.8) is 0 Å². The lowest BCUT2D eigenvalue weighted by Gasteiger charge is -2.08. The van der Waals surface area contributed by atoms with Gasteiger partial charge in [0.2, 0.25) is 0 Å². The first-order chi connectivity index (χ1) is 12.2. The first-order valence-corrected chi connectivity index (χ1v) is 8.48. The van der Waals surface area contributed by atoms with Crippen LogP contribution >= 0.6 is 11.3 Å². The van der Waals surface area contributed by atoms with E-state index >= 15 is 0 Å². The third kappa shape index (κ3) is 4.68. The van der Waals surface area contributed by atoms with Gasteiger partial charge < -0.3 is 20.6 Å². The van der Waals surface area contributed by atoms with E-state index in [4.69, 9.17) is 20.6 Å². The van der Waals surface area contributed by atoms with Gasteiger partial charge in [0.15, 0.2) is 0 Å². The number of hydrogen-bond donors (Lipinski definition) is 2. The van der Waals surface area contributed by atoms with Gasteiger partial charge in [-0.1, -0.05) is 0 Å². The summed E-state index contributed by atoms with van der Waals surface area (Å²) >= 11 is 1.57. The Bertz CT molecular complexity index is 841. The minimum Gasteiger partial charge on any atom is -0.486 e. The third-order valence-corrected chi connectivity index (χ3v) is 4.11. The molecule has 2 aromatic carbocycles. The highest BCUT2D eigenvalue weighted by Crippen LogP contribution is 2.25. The summed E-state index contributed by atoms with van der Waals surface area (Å²) in [6.45, 7) is 0.462. The van der Waals surface area contributed by atoms with Crippen molar-refractivity contribution >= 4 is 23.2 Å². The highest BCUT2D eigenvalue weighted by Gasteiger charge is 2.02. The van der Waals surface area contributed by atoms with E-state index in [1.165, 1.54) is 0 Å². The Morgan fingerprint density at radius 1 is 1.04 bits per heavy atom. The number of hydrogen-bond acceptors (Lipinski definition) is 6. The maximum absolute atomic E-state index is 7.04. The van der Waals surface area contributed by atoms with Crippen molar-refractivity contribution in [3.05, 3.63) is 76.8 Å². The van der Waals surface area contributed by atoms with Gasteiger partial charge in [0.05, 0.1) is 0 Å². The van der Waals surface area contributed by atoms with Crippen LogP contribution in [0, 0.1) is 5.41 Å². The van der Waals surface area contributed by atoms with Crippen LogP contribution in [0.4, 0.5) is 0 Å². The second-order valence-electron chi connectivity index (χ2n) is 5.10. The number of thiazole rings is 1. The van der Waals surface area contributed by atoms with Gasteiger partial charge in [0, 0.05) is 23.5 Å². The summed E-state index contributed by atoms with van der Waals surface area (Å²) in [6, 6.07) is 14.8. The molecule has 0 aliphatic carbocycles. The van der Waals surface area contributed by atoms with Gasteiger partial charge in [0.25, 0.3) is 0 Å². The summed E-state index contributed by atoms with van der Waals surface area (Å²) in [5.74, 6) is 2.20. The highest BCUT2D eigenvalue weighted by molar-refractivity contribution is 7.09. The van der Waals surface area contributed by atoms with E-state index in [0.29, 0.717) is 18.1 Å². The minimum absolute atomic E-state index is 0.462. The van der Waals surface area contributed by atoms with E-state index in [9.17, 15) is 0 Å². The summed E-state index contributed by atoms with van der Waals surface area (Å²) in [5, 5.41) is 9.91. The van der Waals surface area contributed by atoms with Crippen molar-refractivity contribution in [2.75, 3.05) is 0 Å². The predicted molar refractivity (Wildman–Crippen MR) is 100 cm³/mol. The van der Waals surface area contributed by atoms with Crippen LogP contribution in [0.2, 0.25) is 0 Å². The molecule has 0 saturated heterocycles. The number of nitrogens with one attached hydrogen (secondary N) is 1. The van der Waals surface area contributed by atoms with Crippen molar-refractivity contribution in [3.8, 4) is 17.2 Å². The standard InChI is InChI=1S/C19H17N3O2S/c20-10-9-18(21)14-1-3-16(4-2-14)24-17-7-5-15(6-8-17)23-13-19-22-11-12-25-19/h1-12,20H,13,21H2/b18-9-,20-10?. The fraction of sp³-hybridized carbons (Fsp3) is 0.0526. The van der Waals surface area contributed by atoms with Crippen molar-refractivity contribution in [2.45, 2.75) is 6.61 Å². The Morgan fingerprint density at radius 3 is 2.28 bits per heavy atom. The molecule has 3 rings (SSSR count). The molecule has 0 atom stereocenters. The van der Waals surface area contributed by atoms with Crippen LogP contribution < -0.4 is 15.2 Å². The molecular formula is C19H17N3O2S. The molecule has 0 aliphatic heterocycles. The van der Waals surface area contributed by atoms with Crippen molar-refractivity contribution < 1.29 is 9.47 Å². The molecule has 6 heteroatoms. The molecule has 0 spiro atoms. The van der Waals surface area contributed by atoms with E-state index in [2.05, 4.69) is 4.98 Å². The summed E-state index contributed by atoms with van der Waals surface area (Å²) in [4.78, 5) is 4.18. The molecule has 0 aliphatic rings. The predicted octanol–water partition coefficient (Wildman–Crippen LogP) is 4.46. The maximum atomic E-state index is 7.04. The first-order valence-electron chi connectivity index (χ1n) is 7.60. The zero-order chi connectivity index (χ0) is 17.5. The van der Waals surface area contributed by atoms with E-state index in [0.717, 1.165) is 28.3 Å². The van der Waals surface area contributed by atoms with E-state index < -0.39 is 0 Å². The minimum atomic E-state index is 0.462. The zero-order valence-electron chi connectivity index (χ0n) is 13.4. The molecular weight excluding hydrogens is 334 g/mol. The number of ether oxygens (including phenoxy) is 2. The molecule has 25 heavy (non-hydrogen) atoms. The molecule has 0 bridgehead atoms. The second kappa shape index (κ2) is 8.12. The Labute approximate surface area is 149 Å². The summed E-state index contributed by atoms with van der Waals surface area (Å²) in [6.07, 6.45) is 4.47. The lowest BCUT2D eigenvalue weighted by Crippen LogP contribution is -1.96. The fourth-order valence-electron chi connectivity index (χ4n) is 2.11. The molecule has 1 aromatic heterocycles. The Kier molecular flexibility index (Phi) is 5.43. The number of benzene rings is 2. The van der Waals surface area contributed by atoms with Gasteiger partial charge in [-0.2, -0.15) is 0 Å². The van der Waals surface area contributed by atoms with E-state index in [1.807, 2.05) is 53.9 Å². The molecule has 0 radical (unpaired) electrons. The molecule has 0 saturated carbocycles. The number of nitrogens with two attached hydrogens (primary N) is 1. The van der Waals surface area contributed by atoms with Crippen LogP contribution in [-0.2, 0) is 6.61 Å². The SMILES string of the molecule is N=C/C=C(\N)c1ccc(Oc2ccc(OCc3nccs3)cc2)cc1. The van der Waals surface area contributed by atoms with Crippen LogP contribution in [0.25, 0.3) is 5.70 Å². The molecule has 0 fully saturated rings. The van der Waals surface area contributed by atoms with Crippen molar-refractivity contribution in [2.24, 2.45) is 5.73 Å². The molecule has 1 heterocycles. The average Bonchev–Trinajstić information content (AvgIpc) is 3.15. The van der Waals surface area contributed by atoms with Crippen molar-refractivity contribution in [1.82, 2.24) is 4.98 Å². The molecule has 3 N–H and O–H groups in total. The Morgan fingerprint density at radius 2 is 1.68 bits per heavy atom. The third-order valence-electron chi connectivity index (χ3n) is 3.36. The molecule has 126 valence electrons. The van der Waals surface area contributed by atoms with E-state index in [-0.39, 0.29) is 0 Å². The van der Waals surface area contributed by atoms with Crippen LogP contribution in [-0.4, -0.2) is 11.2 Å². The molecule has 5 nitrogen and oxygen atoms in total. The van der Waals surface area contributed by atoms with Crippen molar-refractivity contribution in [1.29, 1.82) is 5.41 Å². The normalized spacial score (nSPS) is 11.1. The highest BCUT2D eigenvalue weighted by atomic mass is 32.1. The fourth-order valence-corrected chi connectivity index (χ4v) is 2.64. The van der Waals surface area contributed by atoms with Crippen LogP contribution in [0.15, 0.2) is 66.2 Å². The van der Waals surface area contributed by atoms with Gasteiger partial charge in [-0.3, -0.25) is 0 Å². The maximum Gasteiger partial charge on any atom is 0.140 e. The van der Waals surface area contributed by atoms with Gasteiger partial charge in [-0.15, -0.1) is 11.3 Å². The Balaban J connectivity index is 1.59. The molecule has 0 amide bonds. The Hall–Kier alpha value is -3.12. The molecule has 0 unspecified atom stereocenters. The van der Waals surface area contributed by atoms with Gasteiger partial charge >= 0.3 is 0 Å². The zero-order valence-corrected chi connectivity index (χ0v) is 14.2. The number of nitrogens with zero attached hydrogens (tertiary/aromatic N) is 1. The lowest BCUT2D eigenvalue weighted by atomic mass is 10.1. The quantitative estimate of drug-likeness (QED) is 0.616. The second-order valence-corrected chi connectivity index (χ2v) is 6.08. The van der Waals surface area contributed by atoms with E-state index in [1.54, 1.807) is 23.6 Å². The summed E-state index contributed by atoms with van der Waals surface area (Å²) in [5.41, 5.74) is 7.23. The molecule has 3 aromatic rings. The summed E-state index contributed by atoms with van der Waals surface area (Å²) < 4.78 is 11.5. The van der Waals surface area contributed by atoms with Gasteiger partial charge in [0.1, 0.15) is 28.9 Å². The summed E-state index contributed by atoms with van der Waals surface area (Å²) in [7, 11) is 0. The largest absolute Gasteiger partial charge is 0.486 e. The smallest absolute Gasteiger partial charge is 0.140 e. The number of allylic oxidation sites excluding steroid dienone is 1. The lowest BCUT2D eigenvalue weighted by molar-refractivity contribution is 0.305. The monoisotopic (exact) mass is 351 g/mol.